The Hall–Kier alpha value is -1.76. The summed E-state index contributed by atoms with van der Waals surface area (Å²) < 4.78 is 32.9. The highest BCUT2D eigenvalue weighted by atomic mass is 16.7. The molecule has 7 N–H and O–H groups in total. The summed E-state index contributed by atoms with van der Waals surface area (Å²) in [5.41, 5.74) is 0. The number of allylic oxidation sites excluding steroid dienone is 2. The Kier molecular flexibility index (Phi) is 21.6. The number of carbonyl (C=O) groups excluding carboxylic acids is 2. The molecule has 0 aromatic carbocycles. The fraction of sp³-hybridized carbons (Fsp3) is 0.882. The van der Waals surface area contributed by atoms with Crippen molar-refractivity contribution >= 4 is 11.9 Å². The Morgan fingerprint density at radius 2 is 1.20 bits per heavy atom. The minimum atomic E-state index is -1.76. The minimum absolute atomic E-state index is 0.155. The third-order valence-corrected chi connectivity index (χ3v) is 8.47. The average Bonchev–Trinajstić information content (AvgIpc) is 3.09. The Bertz CT molecular complexity index is 933. The lowest BCUT2D eigenvalue weighted by Crippen LogP contribution is -2.61. The van der Waals surface area contributed by atoms with Gasteiger partial charge in [-0.3, -0.25) is 9.59 Å². The van der Waals surface area contributed by atoms with Gasteiger partial charge in [0.25, 0.3) is 0 Å². The zero-order valence-corrected chi connectivity index (χ0v) is 28.9. The third-order valence-electron chi connectivity index (χ3n) is 8.47. The Morgan fingerprint density at radius 1 is 0.633 bits per heavy atom. The number of aliphatic hydroxyl groups excluding tert-OH is 7. The van der Waals surface area contributed by atoms with Crippen molar-refractivity contribution in [3.05, 3.63) is 12.2 Å². The van der Waals surface area contributed by atoms with Gasteiger partial charge < -0.3 is 64.2 Å². The maximum absolute atomic E-state index is 12.7. The summed E-state index contributed by atoms with van der Waals surface area (Å²) in [5.74, 6) is -0.971. The first kappa shape index (κ1) is 43.4. The predicted octanol–water partition coefficient (Wildman–Crippen LogP) is 0.749. The lowest BCUT2D eigenvalue weighted by Gasteiger charge is -2.42. The highest BCUT2D eigenvalue weighted by molar-refractivity contribution is 5.70. The standard InChI is InChI=1S/C34H60O15/c1-3-5-7-8-9-10-11-12-13-15-17-26(37)47-22(19-44-25(36)16-14-6-4-2)20-45-33-32(43)30(41)28(39)24(49-33)21-46-34-31(42)29(40)27(38)23(18-35)48-34/h7-8,22-24,27-35,38-43H,3-6,9-21H2,1-2H3/b8-7-. The molecular formula is C34H60O15. The van der Waals surface area contributed by atoms with E-state index < -0.39 is 92.7 Å². The molecule has 11 unspecified atom stereocenters. The first-order chi connectivity index (χ1) is 23.5. The van der Waals surface area contributed by atoms with Crippen LogP contribution in [0, 0.1) is 0 Å². The van der Waals surface area contributed by atoms with Crippen molar-refractivity contribution in [3.63, 3.8) is 0 Å². The average molecular weight is 709 g/mol. The van der Waals surface area contributed by atoms with Crippen LogP contribution in [0.2, 0.25) is 0 Å². The number of hydrogen-bond acceptors (Lipinski definition) is 15. The smallest absolute Gasteiger partial charge is 0.306 e. The number of ether oxygens (including phenoxy) is 6. The summed E-state index contributed by atoms with van der Waals surface area (Å²) in [6, 6.07) is 0. The zero-order chi connectivity index (χ0) is 36.2. The fourth-order valence-electron chi connectivity index (χ4n) is 5.39. The first-order valence-corrected chi connectivity index (χ1v) is 17.8. The lowest BCUT2D eigenvalue weighted by molar-refractivity contribution is -0.332. The maximum Gasteiger partial charge on any atom is 0.306 e. The van der Waals surface area contributed by atoms with Crippen LogP contribution in [0.15, 0.2) is 12.2 Å². The van der Waals surface area contributed by atoms with E-state index in [1.165, 1.54) is 0 Å². The van der Waals surface area contributed by atoms with Crippen LogP contribution < -0.4 is 0 Å². The monoisotopic (exact) mass is 708 g/mol. The van der Waals surface area contributed by atoms with Crippen LogP contribution in [0.1, 0.15) is 97.3 Å². The highest BCUT2D eigenvalue weighted by Crippen LogP contribution is 2.26. The van der Waals surface area contributed by atoms with Crippen molar-refractivity contribution in [2.75, 3.05) is 26.4 Å². The quantitative estimate of drug-likeness (QED) is 0.0417. The van der Waals surface area contributed by atoms with E-state index in [2.05, 4.69) is 19.1 Å². The van der Waals surface area contributed by atoms with Crippen LogP contribution in [0.3, 0.4) is 0 Å². The molecular weight excluding hydrogens is 648 g/mol. The molecule has 0 aromatic rings. The number of carbonyl (C=O) groups is 2. The van der Waals surface area contributed by atoms with Crippen LogP contribution in [-0.2, 0) is 38.0 Å². The van der Waals surface area contributed by atoms with Crippen LogP contribution in [0.5, 0.6) is 0 Å². The number of unbranched alkanes of at least 4 members (excludes halogenated alkanes) is 8. The summed E-state index contributed by atoms with van der Waals surface area (Å²) in [6.07, 6.45) is -1.74. The molecule has 0 spiro atoms. The molecule has 0 aromatic heterocycles. The van der Waals surface area contributed by atoms with Crippen molar-refractivity contribution in [2.45, 2.75) is 165 Å². The van der Waals surface area contributed by atoms with Crippen LogP contribution in [0.4, 0.5) is 0 Å². The van der Waals surface area contributed by atoms with Crippen LogP contribution in [0.25, 0.3) is 0 Å². The molecule has 286 valence electrons. The maximum atomic E-state index is 12.7. The second kappa shape index (κ2) is 24.4. The summed E-state index contributed by atoms with van der Waals surface area (Å²) >= 11 is 0. The predicted molar refractivity (Wildman–Crippen MR) is 174 cm³/mol. The lowest BCUT2D eigenvalue weighted by atomic mass is 9.98. The topological polar surface area (TPSA) is 231 Å². The van der Waals surface area contributed by atoms with E-state index in [4.69, 9.17) is 28.4 Å². The second-order valence-electron chi connectivity index (χ2n) is 12.7. The van der Waals surface area contributed by atoms with Crippen molar-refractivity contribution < 1.29 is 73.8 Å². The van der Waals surface area contributed by atoms with Crippen molar-refractivity contribution in [2.24, 2.45) is 0 Å². The highest BCUT2D eigenvalue weighted by Gasteiger charge is 2.47. The van der Waals surface area contributed by atoms with Crippen LogP contribution >= 0.6 is 0 Å². The van der Waals surface area contributed by atoms with Gasteiger partial charge in [0.2, 0.25) is 0 Å². The molecule has 15 heteroatoms. The normalized spacial score (nSPS) is 31.1. The molecule has 0 saturated carbocycles. The van der Waals surface area contributed by atoms with Gasteiger partial charge in [0, 0.05) is 12.8 Å². The van der Waals surface area contributed by atoms with E-state index in [0.717, 1.165) is 57.8 Å². The molecule has 2 saturated heterocycles. The number of hydrogen-bond donors (Lipinski definition) is 7. The van der Waals surface area contributed by atoms with Crippen molar-refractivity contribution in [1.82, 2.24) is 0 Å². The molecule has 11 atom stereocenters. The van der Waals surface area contributed by atoms with Gasteiger partial charge in [-0.1, -0.05) is 64.5 Å². The molecule has 2 aliphatic rings. The number of esters is 2. The SMILES string of the molecule is CCC/C=C\CCCCCCCC(=O)OC(COC(=O)CCCCC)COC1OC(COC2OC(CO)C(O)C(O)C2O)C(O)C(O)C1O. The van der Waals surface area contributed by atoms with Gasteiger partial charge in [0.1, 0.15) is 55.4 Å². The molecule has 0 amide bonds. The molecule has 2 aliphatic heterocycles. The molecule has 0 bridgehead atoms. The summed E-state index contributed by atoms with van der Waals surface area (Å²) in [7, 11) is 0. The second-order valence-corrected chi connectivity index (χ2v) is 12.7. The van der Waals surface area contributed by atoms with Crippen molar-refractivity contribution in [3.8, 4) is 0 Å². The molecule has 49 heavy (non-hydrogen) atoms. The first-order valence-electron chi connectivity index (χ1n) is 17.8. The minimum Gasteiger partial charge on any atom is -0.462 e. The van der Waals surface area contributed by atoms with Gasteiger partial charge >= 0.3 is 11.9 Å². The van der Waals surface area contributed by atoms with E-state index in [1.54, 1.807) is 0 Å². The largest absolute Gasteiger partial charge is 0.462 e. The summed E-state index contributed by atoms with van der Waals surface area (Å²) in [6.45, 7) is 2.26. The van der Waals surface area contributed by atoms with Gasteiger partial charge in [-0.2, -0.15) is 0 Å². The zero-order valence-electron chi connectivity index (χ0n) is 28.9. The van der Waals surface area contributed by atoms with E-state index in [-0.39, 0.29) is 26.1 Å². The van der Waals surface area contributed by atoms with Crippen LogP contribution in [-0.4, -0.2) is 142 Å². The molecule has 0 aliphatic carbocycles. The van der Waals surface area contributed by atoms with E-state index >= 15 is 0 Å². The molecule has 0 radical (unpaired) electrons. The van der Waals surface area contributed by atoms with E-state index in [1.807, 2.05) is 6.92 Å². The summed E-state index contributed by atoms with van der Waals surface area (Å²) in [5, 5.41) is 71.1. The Morgan fingerprint density at radius 3 is 1.88 bits per heavy atom. The molecule has 15 nitrogen and oxygen atoms in total. The van der Waals surface area contributed by atoms with E-state index in [9.17, 15) is 45.3 Å². The fourth-order valence-corrected chi connectivity index (χ4v) is 5.39. The van der Waals surface area contributed by atoms with Gasteiger partial charge in [-0.05, 0) is 32.1 Å². The molecule has 2 fully saturated rings. The van der Waals surface area contributed by atoms with E-state index in [0.29, 0.717) is 12.8 Å². The Labute approximate surface area is 289 Å². The number of rotatable bonds is 24. The van der Waals surface area contributed by atoms with Crippen molar-refractivity contribution in [1.29, 1.82) is 0 Å². The van der Waals surface area contributed by atoms with Gasteiger partial charge in [-0.25, -0.2) is 0 Å². The molecule has 2 rings (SSSR count). The number of aliphatic hydroxyl groups is 7. The summed E-state index contributed by atoms with van der Waals surface area (Å²) in [4.78, 5) is 24.9. The van der Waals surface area contributed by atoms with Gasteiger partial charge in [0.15, 0.2) is 18.7 Å². The molecule has 2 heterocycles. The van der Waals surface area contributed by atoms with Gasteiger partial charge in [-0.15, -0.1) is 0 Å². The third kappa shape index (κ3) is 15.6. The van der Waals surface area contributed by atoms with Gasteiger partial charge in [0.05, 0.1) is 19.8 Å². The Balaban J connectivity index is 1.92.